The Morgan fingerprint density at radius 1 is 1.38 bits per heavy atom. The Morgan fingerprint density at radius 3 is 2.69 bits per heavy atom. The van der Waals surface area contributed by atoms with Gasteiger partial charge >= 0.3 is 0 Å². The van der Waals surface area contributed by atoms with Crippen molar-refractivity contribution in [2.24, 2.45) is 5.41 Å². The van der Waals surface area contributed by atoms with Gasteiger partial charge in [-0.3, -0.25) is 0 Å². The van der Waals surface area contributed by atoms with Crippen molar-refractivity contribution in [3.05, 3.63) is 17.6 Å². The lowest BCUT2D eigenvalue weighted by atomic mass is 10.0. The molecule has 0 unspecified atom stereocenters. The lowest BCUT2D eigenvalue weighted by Gasteiger charge is -2.15. The van der Waals surface area contributed by atoms with E-state index in [0.29, 0.717) is 5.41 Å². The summed E-state index contributed by atoms with van der Waals surface area (Å²) >= 11 is 5.80. The van der Waals surface area contributed by atoms with Crippen LogP contribution in [-0.2, 0) is 0 Å². The minimum Gasteiger partial charge on any atom is -0.369 e. The Balaban J connectivity index is 1.94. The third kappa shape index (κ3) is 2.85. The maximum atomic E-state index is 5.80. The predicted octanol–water partition coefficient (Wildman–Crippen LogP) is 2.91. The van der Waals surface area contributed by atoms with E-state index >= 15 is 0 Å². The molecule has 16 heavy (non-hydrogen) atoms. The van der Waals surface area contributed by atoms with Crippen LogP contribution in [0.5, 0.6) is 0 Å². The van der Waals surface area contributed by atoms with Gasteiger partial charge in [0.15, 0.2) is 0 Å². The summed E-state index contributed by atoms with van der Waals surface area (Å²) < 4.78 is 0. The van der Waals surface area contributed by atoms with Gasteiger partial charge in [-0.1, -0.05) is 0 Å². The molecule has 1 aliphatic rings. The summed E-state index contributed by atoms with van der Waals surface area (Å²) in [6.45, 7) is 4.89. The van der Waals surface area contributed by atoms with Crippen molar-refractivity contribution in [2.45, 2.75) is 33.1 Å². The maximum Gasteiger partial charge on any atom is 0.129 e. The van der Waals surface area contributed by atoms with E-state index in [1.807, 2.05) is 19.9 Å². The molecule has 1 N–H and O–H groups in total. The van der Waals surface area contributed by atoms with Crippen LogP contribution in [0, 0.1) is 19.3 Å². The Labute approximate surface area is 102 Å². The molecule has 1 heterocycles. The molecule has 0 atom stereocenters. The SMILES string of the molecule is Cc1cc(NCC2(CCCl)CC2)nc(C)n1. The van der Waals surface area contributed by atoms with Crippen molar-refractivity contribution in [3.63, 3.8) is 0 Å². The molecule has 1 saturated carbocycles. The quantitative estimate of drug-likeness (QED) is 0.803. The van der Waals surface area contributed by atoms with Gasteiger partial charge in [0.25, 0.3) is 0 Å². The topological polar surface area (TPSA) is 37.8 Å². The van der Waals surface area contributed by atoms with Crippen LogP contribution in [0.15, 0.2) is 6.07 Å². The molecule has 88 valence electrons. The van der Waals surface area contributed by atoms with Gasteiger partial charge in [-0.2, -0.15) is 0 Å². The van der Waals surface area contributed by atoms with Crippen molar-refractivity contribution < 1.29 is 0 Å². The van der Waals surface area contributed by atoms with Gasteiger partial charge in [-0.15, -0.1) is 11.6 Å². The summed E-state index contributed by atoms with van der Waals surface area (Å²) in [6.07, 6.45) is 3.68. The third-order valence-corrected chi connectivity index (χ3v) is 3.38. The van der Waals surface area contributed by atoms with E-state index in [4.69, 9.17) is 11.6 Å². The first-order valence-electron chi connectivity index (χ1n) is 5.76. The number of hydrogen-bond acceptors (Lipinski definition) is 3. The second-order valence-corrected chi connectivity index (χ2v) is 5.11. The number of rotatable bonds is 5. The van der Waals surface area contributed by atoms with Crippen LogP contribution in [0.3, 0.4) is 0 Å². The standard InChI is InChI=1S/C12H18ClN3/c1-9-7-11(16-10(2)15-9)14-8-12(3-4-12)5-6-13/h7H,3-6,8H2,1-2H3,(H,14,15,16). The highest BCUT2D eigenvalue weighted by Crippen LogP contribution is 2.48. The van der Waals surface area contributed by atoms with Gasteiger partial charge in [-0.05, 0) is 38.5 Å². The van der Waals surface area contributed by atoms with Crippen LogP contribution < -0.4 is 5.32 Å². The number of hydrogen-bond donors (Lipinski definition) is 1. The fraction of sp³-hybridized carbons (Fsp3) is 0.667. The largest absolute Gasteiger partial charge is 0.369 e. The Kier molecular flexibility index (Phi) is 3.33. The lowest BCUT2D eigenvalue weighted by Crippen LogP contribution is -2.17. The fourth-order valence-corrected chi connectivity index (χ4v) is 2.38. The smallest absolute Gasteiger partial charge is 0.129 e. The highest BCUT2D eigenvalue weighted by molar-refractivity contribution is 6.17. The van der Waals surface area contributed by atoms with Crippen LogP contribution in [0.2, 0.25) is 0 Å². The Morgan fingerprint density at radius 2 is 2.12 bits per heavy atom. The molecule has 0 amide bonds. The molecule has 0 radical (unpaired) electrons. The highest BCUT2D eigenvalue weighted by atomic mass is 35.5. The summed E-state index contributed by atoms with van der Waals surface area (Å²) in [5.74, 6) is 2.51. The average molecular weight is 240 g/mol. The molecule has 1 aromatic heterocycles. The highest BCUT2D eigenvalue weighted by Gasteiger charge is 2.41. The van der Waals surface area contributed by atoms with E-state index in [-0.39, 0.29) is 0 Å². The van der Waals surface area contributed by atoms with Gasteiger partial charge < -0.3 is 5.32 Å². The second-order valence-electron chi connectivity index (χ2n) is 4.73. The van der Waals surface area contributed by atoms with Crippen molar-refractivity contribution in [1.29, 1.82) is 0 Å². The van der Waals surface area contributed by atoms with Crippen molar-refractivity contribution >= 4 is 17.4 Å². The molecule has 1 aliphatic carbocycles. The van der Waals surface area contributed by atoms with Crippen LogP contribution in [0.1, 0.15) is 30.8 Å². The minimum absolute atomic E-state index is 0.439. The van der Waals surface area contributed by atoms with Crippen LogP contribution in [-0.4, -0.2) is 22.4 Å². The molecule has 3 nitrogen and oxygen atoms in total. The van der Waals surface area contributed by atoms with Crippen molar-refractivity contribution in [2.75, 3.05) is 17.7 Å². The molecular weight excluding hydrogens is 222 g/mol. The zero-order chi connectivity index (χ0) is 11.6. The number of halogens is 1. The summed E-state index contributed by atoms with van der Waals surface area (Å²) in [4.78, 5) is 8.63. The minimum atomic E-state index is 0.439. The molecule has 1 fully saturated rings. The fourth-order valence-electron chi connectivity index (χ4n) is 1.98. The van der Waals surface area contributed by atoms with Gasteiger partial charge in [-0.25, -0.2) is 9.97 Å². The first-order chi connectivity index (χ1) is 7.63. The van der Waals surface area contributed by atoms with Gasteiger partial charge in [0.2, 0.25) is 0 Å². The molecule has 1 aromatic rings. The predicted molar refractivity (Wildman–Crippen MR) is 67.0 cm³/mol. The first-order valence-corrected chi connectivity index (χ1v) is 6.29. The van der Waals surface area contributed by atoms with Crippen molar-refractivity contribution in [3.8, 4) is 0 Å². The molecule has 4 heteroatoms. The average Bonchev–Trinajstić information content (AvgIpc) is 2.95. The molecule has 0 saturated heterocycles. The van der Waals surface area contributed by atoms with Gasteiger partial charge in [0, 0.05) is 24.2 Å². The van der Waals surface area contributed by atoms with E-state index in [1.54, 1.807) is 0 Å². The summed E-state index contributed by atoms with van der Waals surface area (Å²) in [7, 11) is 0. The number of nitrogens with zero attached hydrogens (tertiary/aromatic N) is 2. The molecule has 0 aromatic carbocycles. The Bertz CT molecular complexity index is 354. The summed E-state index contributed by atoms with van der Waals surface area (Å²) in [5.41, 5.74) is 1.45. The number of anilines is 1. The molecule has 2 rings (SSSR count). The van der Waals surface area contributed by atoms with Gasteiger partial charge in [0.05, 0.1) is 0 Å². The normalized spacial score (nSPS) is 17.2. The third-order valence-electron chi connectivity index (χ3n) is 3.19. The number of nitrogens with one attached hydrogen (secondary N) is 1. The maximum absolute atomic E-state index is 5.80. The monoisotopic (exact) mass is 239 g/mol. The zero-order valence-corrected chi connectivity index (χ0v) is 10.6. The summed E-state index contributed by atoms with van der Waals surface area (Å²) in [6, 6.07) is 1.99. The molecular formula is C12H18ClN3. The number of aryl methyl sites for hydroxylation is 2. The molecule has 0 spiro atoms. The second kappa shape index (κ2) is 4.58. The van der Waals surface area contributed by atoms with Crippen LogP contribution >= 0.6 is 11.6 Å². The Hall–Kier alpha value is -0.830. The van der Waals surface area contributed by atoms with E-state index in [1.165, 1.54) is 12.8 Å². The molecule has 0 aliphatic heterocycles. The van der Waals surface area contributed by atoms with E-state index in [2.05, 4.69) is 15.3 Å². The van der Waals surface area contributed by atoms with E-state index < -0.39 is 0 Å². The van der Waals surface area contributed by atoms with Crippen LogP contribution in [0.4, 0.5) is 5.82 Å². The summed E-state index contributed by atoms with van der Waals surface area (Å²) in [5, 5.41) is 3.40. The molecule has 0 bridgehead atoms. The van der Waals surface area contributed by atoms with E-state index in [0.717, 1.165) is 36.2 Å². The lowest BCUT2D eigenvalue weighted by molar-refractivity contribution is 0.524. The van der Waals surface area contributed by atoms with Crippen LogP contribution in [0.25, 0.3) is 0 Å². The number of aromatic nitrogens is 2. The zero-order valence-electron chi connectivity index (χ0n) is 9.89. The van der Waals surface area contributed by atoms with E-state index in [9.17, 15) is 0 Å². The first kappa shape index (κ1) is 11.6. The van der Waals surface area contributed by atoms with Gasteiger partial charge in [0.1, 0.15) is 11.6 Å². The number of alkyl halides is 1. The van der Waals surface area contributed by atoms with Crippen molar-refractivity contribution in [1.82, 2.24) is 9.97 Å².